The minimum absolute atomic E-state index is 0.0322. The van der Waals surface area contributed by atoms with Crippen LogP contribution in [0.5, 0.6) is 0 Å². The first kappa shape index (κ1) is 19.2. The summed E-state index contributed by atoms with van der Waals surface area (Å²) in [5.74, 6) is -0.454. The van der Waals surface area contributed by atoms with Crippen molar-refractivity contribution in [1.29, 1.82) is 0 Å². The summed E-state index contributed by atoms with van der Waals surface area (Å²) in [6.07, 6.45) is 2.71. The molecule has 4 rings (SSSR count). The molecule has 0 radical (unpaired) electrons. The number of carbonyl (C=O) groups excluding carboxylic acids is 2. The van der Waals surface area contributed by atoms with Crippen molar-refractivity contribution in [3.63, 3.8) is 0 Å². The second-order valence-corrected chi connectivity index (χ2v) is 7.86. The Morgan fingerprint density at radius 2 is 2.10 bits per heavy atom. The van der Waals surface area contributed by atoms with E-state index >= 15 is 0 Å². The number of likely N-dealkylation sites (tertiary alicyclic amines) is 1. The molecule has 1 aliphatic rings. The molecular weight excluding hydrogens is 395 g/mol. The van der Waals surface area contributed by atoms with Crippen molar-refractivity contribution < 1.29 is 14.0 Å². The summed E-state index contributed by atoms with van der Waals surface area (Å²) >= 11 is 1.40. The Hall–Kier alpha value is -3.14. The molecule has 2 amide bonds. The third-order valence-electron chi connectivity index (χ3n) is 4.65. The van der Waals surface area contributed by atoms with E-state index in [1.165, 1.54) is 24.3 Å². The smallest absolute Gasteiger partial charge is 0.274 e. The van der Waals surface area contributed by atoms with E-state index in [0.717, 1.165) is 6.20 Å². The zero-order chi connectivity index (χ0) is 20.5. The highest BCUT2D eigenvalue weighted by molar-refractivity contribution is 7.17. The molecule has 0 unspecified atom stereocenters. The summed E-state index contributed by atoms with van der Waals surface area (Å²) < 4.78 is 14.2. The summed E-state index contributed by atoms with van der Waals surface area (Å²) in [7, 11) is 0. The van der Waals surface area contributed by atoms with Crippen molar-refractivity contribution in [2.24, 2.45) is 0 Å². The second kappa shape index (κ2) is 7.70. The van der Waals surface area contributed by atoms with Crippen molar-refractivity contribution in [2.75, 3.05) is 18.4 Å². The fraction of sp³-hybridized carbons (Fsp3) is 0.316. The predicted octanol–water partition coefficient (Wildman–Crippen LogP) is 2.36. The summed E-state index contributed by atoms with van der Waals surface area (Å²) in [6.45, 7) is 4.19. The van der Waals surface area contributed by atoms with Crippen molar-refractivity contribution >= 4 is 39.3 Å². The molecule has 1 saturated heterocycles. The molecule has 0 bridgehead atoms. The van der Waals surface area contributed by atoms with E-state index in [0.29, 0.717) is 34.6 Å². The summed E-state index contributed by atoms with van der Waals surface area (Å²) in [6, 6.07) is 2.89. The Morgan fingerprint density at radius 3 is 2.83 bits per heavy atom. The lowest BCUT2D eigenvalue weighted by Gasteiger charge is -2.39. The molecular formula is C19H19FN6O2S. The lowest BCUT2D eigenvalue weighted by Crippen LogP contribution is -2.60. The van der Waals surface area contributed by atoms with Gasteiger partial charge >= 0.3 is 0 Å². The minimum Gasteiger partial charge on any atom is -0.350 e. The monoisotopic (exact) mass is 414 g/mol. The number of carbonyl (C=O) groups is 2. The molecule has 1 atom stereocenters. The Balaban J connectivity index is 1.56. The van der Waals surface area contributed by atoms with Crippen LogP contribution in [0.2, 0.25) is 0 Å². The first-order valence-corrected chi connectivity index (χ1v) is 9.97. The van der Waals surface area contributed by atoms with Gasteiger partial charge in [0, 0.05) is 26.2 Å². The van der Waals surface area contributed by atoms with Crippen LogP contribution in [0.1, 0.15) is 35.9 Å². The van der Waals surface area contributed by atoms with Crippen LogP contribution >= 0.6 is 11.3 Å². The molecule has 10 heteroatoms. The fourth-order valence-electron chi connectivity index (χ4n) is 3.19. The third-order valence-corrected chi connectivity index (χ3v) is 5.56. The van der Waals surface area contributed by atoms with Gasteiger partial charge in [-0.1, -0.05) is 0 Å². The lowest BCUT2D eigenvalue weighted by molar-refractivity contribution is -0.120. The lowest BCUT2D eigenvalue weighted by atomic mass is 10.1. The van der Waals surface area contributed by atoms with Crippen LogP contribution in [0.15, 0.2) is 29.9 Å². The number of rotatable bonds is 5. The molecule has 0 spiro atoms. The SMILES string of the molecule is CC(=O)NC1CN(C(=O)c2nc(N[C@@H](C)c3cncc(F)c3)nc3ccsc23)C1. The zero-order valence-corrected chi connectivity index (χ0v) is 16.7. The van der Waals surface area contributed by atoms with E-state index < -0.39 is 5.82 Å². The standard InChI is InChI=1S/C19H19FN6O2S/c1-10(12-5-13(20)7-21-6-12)22-19-24-15-3-4-29-17(15)16(25-19)18(28)26-8-14(9-26)23-11(2)27/h3-7,10,14H,8-9H2,1-2H3,(H,23,27)(H,22,24,25)/t10-/m0/s1. The van der Waals surface area contributed by atoms with Gasteiger partial charge in [-0.3, -0.25) is 14.6 Å². The first-order valence-electron chi connectivity index (χ1n) is 9.09. The van der Waals surface area contributed by atoms with Crippen molar-refractivity contribution in [3.8, 4) is 0 Å². The van der Waals surface area contributed by atoms with Crippen molar-refractivity contribution in [3.05, 3.63) is 47.0 Å². The number of halogens is 1. The number of hydrogen-bond donors (Lipinski definition) is 2. The maximum absolute atomic E-state index is 13.5. The summed E-state index contributed by atoms with van der Waals surface area (Å²) in [4.78, 5) is 38.5. The average molecular weight is 414 g/mol. The molecule has 29 heavy (non-hydrogen) atoms. The van der Waals surface area contributed by atoms with Gasteiger partial charge in [-0.05, 0) is 30.0 Å². The summed E-state index contributed by atoms with van der Waals surface area (Å²) in [5.41, 5.74) is 1.63. The number of nitrogens with one attached hydrogen (secondary N) is 2. The van der Waals surface area contributed by atoms with Crippen molar-refractivity contribution in [1.82, 2.24) is 25.2 Å². The van der Waals surface area contributed by atoms with Gasteiger partial charge in [-0.25, -0.2) is 14.4 Å². The molecule has 2 N–H and O–H groups in total. The van der Waals surface area contributed by atoms with E-state index in [4.69, 9.17) is 0 Å². The molecule has 8 nitrogen and oxygen atoms in total. The Morgan fingerprint density at radius 1 is 1.31 bits per heavy atom. The molecule has 3 aromatic rings. The van der Waals surface area contributed by atoms with Gasteiger partial charge in [0.25, 0.3) is 5.91 Å². The van der Waals surface area contributed by atoms with Gasteiger partial charge in [0.05, 0.1) is 28.5 Å². The number of anilines is 1. The number of aromatic nitrogens is 3. The van der Waals surface area contributed by atoms with Gasteiger partial charge in [0.15, 0.2) is 5.69 Å². The molecule has 0 aromatic carbocycles. The van der Waals surface area contributed by atoms with E-state index in [-0.39, 0.29) is 29.8 Å². The van der Waals surface area contributed by atoms with E-state index in [9.17, 15) is 14.0 Å². The minimum atomic E-state index is -0.423. The van der Waals surface area contributed by atoms with Crippen LogP contribution in [0.3, 0.4) is 0 Å². The molecule has 150 valence electrons. The number of thiophene rings is 1. The second-order valence-electron chi connectivity index (χ2n) is 6.94. The van der Waals surface area contributed by atoms with E-state index in [2.05, 4.69) is 25.6 Å². The highest BCUT2D eigenvalue weighted by atomic mass is 32.1. The molecule has 0 saturated carbocycles. The van der Waals surface area contributed by atoms with Crippen LogP contribution < -0.4 is 10.6 Å². The van der Waals surface area contributed by atoms with Gasteiger partial charge in [-0.15, -0.1) is 11.3 Å². The average Bonchev–Trinajstić information content (AvgIpc) is 3.11. The summed E-state index contributed by atoms with van der Waals surface area (Å²) in [5, 5.41) is 7.77. The molecule has 0 aliphatic carbocycles. The maximum Gasteiger partial charge on any atom is 0.274 e. The topological polar surface area (TPSA) is 100 Å². The van der Waals surface area contributed by atoms with Crippen LogP contribution in [0.4, 0.5) is 10.3 Å². The number of nitrogens with zero attached hydrogens (tertiary/aromatic N) is 4. The van der Waals surface area contributed by atoms with Gasteiger partial charge < -0.3 is 15.5 Å². The predicted molar refractivity (Wildman–Crippen MR) is 107 cm³/mol. The number of pyridine rings is 1. The highest BCUT2D eigenvalue weighted by Gasteiger charge is 2.33. The highest BCUT2D eigenvalue weighted by Crippen LogP contribution is 2.27. The molecule has 1 aliphatic heterocycles. The van der Waals surface area contributed by atoms with Crippen molar-refractivity contribution in [2.45, 2.75) is 25.9 Å². The van der Waals surface area contributed by atoms with Gasteiger partial charge in [-0.2, -0.15) is 0 Å². The fourth-order valence-corrected chi connectivity index (χ4v) is 4.00. The van der Waals surface area contributed by atoms with Crippen LogP contribution in [0.25, 0.3) is 10.2 Å². The van der Waals surface area contributed by atoms with Gasteiger partial charge in [0.2, 0.25) is 11.9 Å². The quantitative estimate of drug-likeness (QED) is 0.665. The number of hydrogen-bond acceptors (Lipinski definition) is 7. The van der Waals surface area contributed by atoms with E-state index in [1.54, 1.807) is 11.1 Å². The molecule has 3 aromatic heterocycles. The van der Waals surface area contributed by atoms with Crippen LogP contribution in [-0.4, -0.2) is 50.8 Å². The number of amides is 2. The molecule has 1 fully saturated rings. The van der Waals surface area contributed by atoms with Crippen LogP contribution in [-0.2, 0) is 4.79 Å². The first-order chi connectivity index (χ1) is 13.9. The number of fused-ring (bicyclic) bond motifs is 1. The van der Waals surface area contributed by atoms with E-state index in [1.807, 2.05) is 18.4 Å². The third kappa shape index (κ3) is 4.02. The van der Waals surface area contributed by atoms with Gasteiger partial charge in [0.1, 0.15) is 5.82 Å². The van der Waals surface area contributed by atoms with Crippen LogP contribution in [0, 0.1) is 5.82 Å². The maximum atomic E-state index is 13.5. The zero-order valence-electron chi connectivity index (χ0n) is 15.8. The Kier molecular flexibility index (Phi) is 5.10. The largest absolute Gasteiger partial charge is 0.350 e. The normalized spacial score (nSPS) is 15.1. The molecule has 4 heterocycles. The Bertz CT molecular complexity index is 1080. The Labute approximate surface area is 170 Å².